The lowest BCUT2D eigenvalue weighted by atomic mass is 10.1. The highest BCUT2D eigenvalue weighted by atomic mass is 16.2. The molecule has 0 spiro atoms. The topological polar surface area (TPSA) is 41.1 Å². The van der Waals surface area contributed by atoms with Crippen molar-refractivity contribution in [1.82, 2.24) is 10.9 Å². The molecule has 1 saturated heterocycles. The molecule has 1 amide bonds. The lowest BCUT2D eigenvalue weighted by Gasteiger charge is -1.95. The van der Waals surface area contributed by atoms with Gasteiger partial charge in [-0.3, -0.25) is 10.2 Å². The molecule has 3 heteroatoms. The number of rotatable bonds is 1. The molecule has 0 aromatic rings. The number of carbonyl (C=O) groups excluding carboxylic acids is 1. The van der Waals surface area contributed by atoms with Crippen LogP contribution in [0, 0.1) is 5.92 Å². The summed E-state index contributed by atoms with van der Waals surface area (Å²) in [5.74, 6) is 0.336. The van der Waals surface area contributed by atoms with E-state index < -0.39 is 0 Å². The zero-order valence-electron chi connectivity index (χ0n) is 4.90. The number of amides is 1. The molecular weight excluding hydrogens is 104 g/mol. The van der Waals surface area contributed by atoms with Crippen LogP contribution in [-0.4, -0.2) is 12.5 Å². The first-order valence-corrected chi connectivity index (χ1v) is 2.87. The van der Waals surface area contributed by atoms with Gasteiger partial charge in [0.15, 0.2) is 0 Å². The molecule has 3 nitrogen and oxygen atoms in total. The Morgan fingerprint density at radius 2 is 2.62 bits per heavy atom. The van der Waals surface area contributed by atoms with Crippen LogP contribution < -0.4 is 10.9 Å². The first-order valence-electron chi connectivity index (χ1n) is 2.87. The highest BCUT2D eigenvalue weighted by Crippen LogP contribution is 2.02. The molecule has 0 aliphatic carbocycles. The van der Waals surface area contributed by atoms with Crippen molar-refractivity contribution in [2.45, 2.75) is 13.3 Å². The Bertz CT molecular complexity index is 103. The molecule has 0 radical (unpaired) electrons. The Morgan fingerprint density at radius 1 is 1.88 bits per heavy atom. The zero-order chi connectivity index (χ0) is 5.98. The van der Waals surface area contributed by atoms with Crippen molar-refractivity contribution < 1.29 is 4.79 Å². The van der Waals surface area contributed by atoms with Crippen molar-refractivity contribution in [3.8, 4) is 0 Å². The Labute approximate surface area is 48.4 Å². The van der Waals surface area contributed by atoms with Crippen LogP contribution in [-0.2, 0) is 4.79 Å². The average molecular weight is 114 g/mol. The highest BCUT2D eigenvalue weighted by Gasteiger charge is 2.20. The number of hydrazine groups is 1. The van der Waals surface area contributed by atoms with Crippen molar-refractivity contribution in [3.05, 3.63) is 0 Å². The van der Waals surface area contributed by atoms with Gasteiger partial charge in [0.2, 0.25) is 5.91 Å². The minimum Gasteiger partial charge on any atom is -0.291 e. The molecule has 1 unspecified atom stereocenters. The summed E-state index contributed by atoms with van der Waals surface area (Å²) < 4.78 is 0. The second kappa shape index (κ2) is 2.13. The lowest BCUT2D eigenvalue weighted by molar-refractivity contribution is -0.122. The minimum atomic E-state index is 0.132. The standard InChI is InChI=1S/C5H10N2O/c1-2-4-3-6-7-5(4)8/h4,6H,2-3H2,1H3,(H,7,8). The molecule has 0 saturated carbocycles. The average Bonchev–Trinajstić information content (AvgIpc) is 2.14. The number of nitrogens with one attached hydrogen (secondary N) is 2. The van der Waals surface area contributed by atoms with Crippen LogP contribution in [0.3, 0.4) is 0 Å². The Hall–Kier alpha value is -0.570. The van der Waals surface area contributed by atoms with Crippen molar-refractivity contribution in [2.24, 2.45) is 5.92 Å². The number of carbonyl (C=O) groups is 1. The molecular formula is C5H10N2O. The molecule has 0 aromatic carbocycles. The van der Waals surface area contributed by atoms with E-state index in [0.717, 1.165) is 13.0 Å². The van der Waals surface area contributed by atoms with Gasteiger partial charge in [0, 0.05) is 6.54 Å². The Morgan fingerprint density at radius 3 is 2.88 bits per heavy atom. The number of hydrogen-bond acceptors (Lipinski definition) is 2. The smallest absolute Gasteiger partial charge is 0.238 e. The first-order chi connectivity index (χ1) is 3.84. The summed E-state index contributed by atoms with van der Waals surface area (Å²) in [6.07, 6.45) is 0.929. The summed E-state index contributed by atoms with van der Waals surface area (Å²) in [5.41, 5.74) is 5.31. The largest absolute Gasteiger partial charge is 0.291 e. The van der Waals surface area contributed by atoms with Crippen molar-refractivity contribution in [1.29, 1.82) is 0 Å². The monoisotopic (exact) mass is 114 g/mol. The predicted octanol–water partition coefficient (Wildman–Crippen LogP) is -0.353. The maximum Gasteiger partial charge on any atom is 0.238 e. The lowest BCUT2D eigenvalue weighted by Crippen LogP contribution is -2.26. The second-order valence-corrected chi connectivity index (χ2v) is 1.98. The molecule has 2 N–H and O–H groups in total. The van der Waals surface area contributed by atoms with E-state index in [9.17, 15) is 4.79 Å². The quantitative estimate of drug-likeness (QED) is 0.489. The van der Waals surface area contributed by atoms with Crippen LogP contribution in [0.15, 0.2) is 0 Å². The Kier molecular flexibility index (Phi) is 1.48. The van der Waals surface area contributed by atoms with E-state index in [4.69, 9.17) is 0 Å². The van der Waals surface area contributed by atoms with Crippen LogP contribution >= 0.6 is 0 Å². The van der Waals surface area contributed by atoms with E-state index in [1.807, 2.05) is 6.92 Å². The summed E-state index contributed by atoms with van der Waals surface area (Å²) in [7, 11) is 0. The van der Waals surface area contributed by atoms with Gasteiger partial charge in [0.05, 0.1) is 5.92 Å². The second-order valence-electron chi connectivity index (χ2n) is 1.98. The van der Waals surface area contributed by atoms with Crippen molar-refractivity contribution >= 4 is 5.91 Å². The molecule has 8 heavy (non-hydrogen) atoms. The van der Waals surface area contributed by atoms with Gasteiger partial charge in [0.1, 0.15) is 0 Å². The molecule has 46 valence electrons. The van der Waals surface area contributed by atoms with Gasteiger partial charge < -0.3 is 0 Å². The molecule has 1 aliphatic heterocycles. The van der Waals surface area contributed by atoms with Crippen molar-refractivity contribution in [3.63, 3.8) is 0 Å². The number of hydrogen-bond donors (Lipinski definition) is 2. The van der Waals surface area contributed by atoms with E-state index in [1.165, 1.54) is 0 Å². The van der Waals surface area contributed by atoms with E-state index in [-0.39, 0.29) is 11.8 Å². The molecule has 1 rings (SSSR count). The maximum atomic E-state index is 10.6. The van der Waals surface area contributed by atoms with Gasteiger partial charge in [-0.1, -0.05) is 6.92 Å². The normalized spacial score (nSPS) is 28.1. The third-order valence-corrected chi connectivity index (χ3v) is 1.42. The van der Waals surface area contributed by atoms with Crippen molar-refractivity contribution in [2.75, 3.05) is 6.54 Å². The van der Waals surface area contributed by atoms with E-state index >= 15 is 0 Å². The third kappa shape index (κ3) is 0.816. The van der Waals surface area contributed by atoms with Crippen LogP contribution in [0.4, 0.5) is 0 Å². The summed E-state index contributed by atoms with van der Waals surface area (Å²) in [5, 5.41) is 0. The van der Waals surface area contributed by atoms with Crippen LogP contribution in [0.1, 0.15) is 13.3 Å². The summed E-state index contributed by atoms with van der Waals surface area (Å²) in [6, 6.07) is 0. The van der Waals surface area contributed by atoms with E-state index in [1.54, 1.807) is 0 Å². The fourth-order valence-corrected chi connectivity index (χ4v) is 0.786. The summed E-state index contributed by atoms with van der Waals surface area (Å²) >= 11 is 0. The SMILES string of the molecule is CCC1CNNC1=O. The van der Waals surface area contributed by atoms with Gasteiger partial charge in [-0.05, 0) is 6.42 Å². The molecule has 0 aromatic heterocycles. The van der Waals surface area contributed by atoms with E-state index in [0.29, 0.717) is 0 Å². The summed E-state index contributed by atoms with van der Waals surface area (Å²) in [4.78, 5) is 10.6. The molecule has 1 aliphatic rings. The zero-order valence-corrected chi connectivity index (χ0v) is 4.90. The minimum absolute atomic E-state index is 0.132. The fraction of sp³-hybridized carbons (Fsp3) is 0.800. The first kappa shape index (κ1) is 5.56. The fourth-order valence-electron chi connectivity index (χ4n) is 0.786. The van der Waals surface area contributed by atoms with Gasteiger partial charge in [-0.15, -0.1) is 0 Å². The van der Waals surface area contributed by atoms with Gasteiger partial charge in [0.25, 0.3) is 0 Å². The van der Waals surface area contributed by atoms with Gasteiger partial charge >= 0.3 is 0 Å². The maximum absolute atomic E-state index is 10.6. The predicted molar refractivity (Wildman–Crippen MR) is 29.9 cm³/mol. The third-order valence-electron chi connectivity index (χ3n) is 1.42. The molecule has 1 fully saturated rings. The molecule has 1 atom stereocenters. The van der Waals surface area contributed by atoms with Crippen LogP contribution in [0.5, 0.6) is 0 Å². The van der Waals surface area contributed by atoms with E-state index in [2.05, 4.69) is 10.9 Å². The van der Waals surface area contributed by atoms with Gasteiger partial charge in [-0.2, -0.15) is 0 Å². The highest BCUT2D eigenvalue weighted by molar-refractivity contribution is 5.80. The van der Waals surface area contributed by atoms with Crippen LogP contribution in [0.25, 0.3) is 0 Å². The van der Waals surface area contributed by atoms with Gasteiger partial charge in [-0.25, -0.2) is 5.43 Å². The van der Waals surface area contributed by atoms with Crippen LogP contribution in [0.2, 0.25) is 0 Å². The summed E-state index contributed by atoms with van der Waals surface area (Å²) in [6.45, 7) is 2.80. The Balaban J connectivity index is 2.42. The molecule has 0 bridgehead atoms. The molecule has 1 heterocycles.